The maximum Gasteiger partial charge on any atom is 0.320 e. The van der Waals surface area contributed by atoms with Gasteiger partial charge in [0.05, 0.1) is 6.10 Å². The fourth-order valence-electron chi connectivity index (χ4n) is 1.36. The van der Waals surface area contributed by atoms with Crippen LogP contribution in [0.5, 0.6) is 6.01 Å². The molecule has 0 bridgehead atoms. The Morgan fingerprint density at radius 2 is 1.94 bits per heavy atom. The summed E-state index contributed by atoms with van der Waals surface area (Å²) in [6.07, 6.45) is 0.0445. The van der Waals surface area contributed by atoms with E-state index in [0.717, 1.165) is 18.9 Å². The second kappa shape index (κ2) is 5.89. The molecule has 0 aliphatic rings. The second-order valence-electron chi connectivity index (χ2n) is 3.67. The normalized spacial score (nSPS) is 10.6. The van der Waals surface area contributed by atoms with Crippen LogP contribution in [-0.4, -0.2) is 29.2 Å². The van der Waals surface area contributed by atoms with E-state index in [2.05, 4.69) is 28.7 Å². The average Bonchev–Trinajstić information content (AvgIpc) is 2.17. The molecule has 0 amide bonds. The Bertz CT molecular complexity index is 340. The number of rotatable bonds is 5. The molecule has 5 heteroatoms. The van der Waals surface area contributed by atoms with Gasteiger partial charge < -0.3 is 9.64 Å². The van der Waals surface area contributed by atoms with Gasteiger partial charge in [-0.25, -0.2) is 0 Å². The number of hydrogen-bond acceptors (Lipinski definition) is 4. The Labute approximate surface area is 102 Å². The molecule has 16 heavy (non-hydrogen) atoms. The molecule has 0 aromatic carbocycles. The highest BCUT2D eigenvalue weighted by Gasteiger charge is 2.09. The maximum absolute atomic E-state index is 5.93. The molecule has 0 spiro atoms. The average molecular weight is 244 g/mol. The first-order valence-electron chi connectivity index (χ1n) is 5.53. The van der Waals surface area contributed by atoms with E-state index >= 15 is 0 Å². The lowest BCUT2D eigenvalue weighted by atomic mass is 10.4. The minimum absolute atomic E-state index is 0.0445. The zero-order valence-electron chi connectivity index (χ0n) is 10.2. The van der Waals surface area contributed by atoms with Gasteiger partial charge in [-0.05, 0) is 27.7 Å². The van der Waals surface area contributed by atoms with Crippen molar-refractivity contribution in [1.82, 2.24) is 9.97 Å². The summed E-state index contributed by atoms with van der Waals surface area (Å²) in [7, 11) is 0. The molecule has 0 saturated carbocycles. The third-order valence-corrected chi connectivity index (χ3v) is 2.28. The molecule has 0 radical (unpaired) electrons. The number of aromatic nitrogens is 2. The number of anilines is 1. The van der Waals surface area contributed by atoms with Gasteiger partial charge >= 0.3 is 6.01 Å². The number of halogens is 1. The Morgan fingerprint density at radius 3 is 2.44 bits per heavy atom. The van der Waals surface area contributed by atoms with Gasteiger partial charge in [-0.3, -0.25) is 0 Å². The van der Waals surface area contributed by atoms with Crippen LogP contribution in [0.2, 0.25) is 5.15 Å². The van der Waals surface area contributed by atoms with E-state index in [0.29, 0.717) is 11.2 Å². The van der Waals surface area contributed by atoms with Gasteiger partial charge in [-0.15, -0.1) is 0 Å². The summed E-state index contributed by atoms with van der Waals surface area (Å²) in [4.78, 5) is 10.5. The van der Waals surface area contributed by atoms with Crippen LogP contribution in [0.1, 0.15) is 27.7 Å². The van der Waals surface area contributed by atoms with Crippen molar-refractivity contribution in [3.8, 4) is 6.01 Å². The first-order chi connectivity index (χ1) is 7.56. The SMILES string of the molecule is CCN(CC)c1cc(Cl)nc(OC(C)C)n1. The van der Waals surface area contributed by atoms with Crippen LogP contribution in [0.25, 0.3) is 0 Å². The molecule has 1 heterocycles. The zero-order chi connectivity index (χ0) is 12.1. The molecule has 0 atom stereocenters. The highest BCUT2D eigenvalue weighted by molar-refractivity contribution is 6.29. The lowest BCUT2D eigenvalue weighted by Gasteiger charge is -2.20. The first-order valence-corrected chi connectivity index (χ1v) is 5.90. The summed E-state index contributed by atoms with van der Waals surface area (Å²) in [6.45, 7) is 9.77. The van der Waals surface area contributed by atoms with Gasteiger partial charge in [0.25, 0.3) is 0 Å². The Balaban J connectivity index is 2.97. The molecule has 0 aliphatic carbocycles. The summed E-state index contributed by atoms with van der Waals surface area (Å²) in [5, 5.41) is 0.410. The van der Waals surface area contributed by atoms with E-state index in [9.17, 15) is 0 Å². The van der Waals surface area contributed by atoms with Gasteiger partial charge in [0.1, 0.15) is 11.0 Å². The summed E-state index contributed by atoms with van der Waals surface area (Å²) < 4.78 is 5.44. The predicted octanol–water partition coefficient (Wildman–Crippen LogP) is 2.76. The largest absolute Gasteiger partial charge is 0.461 e. The van der Waals surface area contributed by atoms with Crippen LogP contribution in [0.15, 0.2) is 6.07 Å². The van der Waals surface area contributed by atoms with E-state index in [4.69, 9.17) is 16.3 Å². The third-order valence-electron chi connectivity index (χ3n) is 2.09. The molecule has 0 aliphatic heterocycles. The van der Waals surface area contributed by atoms with E-state index in [1.165, 1.54) is 0 Å². The molecular weight excluding hydrogens is 226 g/mol. The fourth-order valence-corrected chi connectivity index (χ4v) is 1.53. The summed E-state index contributed by atoms with van der Waals surface area (Å²) in [6, 6.07) is 2.09. The first kappa shape index (κ1) is 13.0. The van der Waals surface area contributed by atoms with Crippen LogP contribution < -0.4 is 9.64 Å². The van der Waals surface area contributed by atoms with Crippen molar-refractivity contribution in [2.75, 3.05) is 18.0 Å². The van der Waals surface area contributed by atoms with Crippen molar-refractivity contribution in [2.24, 2.45) is 0 Å². The van der Waals surface area contributed by atoms with Gasteiger partial charge in [-0.1, -0.05) is 11.6 Å². The van der Waals surface area contributed by atoms with Crippen molar-refractivity contribution >= 4 is 17.4 Å². The molecule has 1 aromatic heterocycles. The van der Waals surface area contributed by atoms with Crippen LogP contribution in [-0.2, 0) is 0 Å². The van der Waals surface area contributed by atoms with Crippen LogP contribution >= 0.6 is 11.6 Å². The molecule has 0 fully saturated rings. The fraction of sp³-hybridized carbons (Fsp3) is 0.636. The summed E-state index contributed by atoms with van der Waals surface area (Å²) in [5.74, 6) is 0.806. The highest BCUT2D eigenvalue weighted by atomic mass is 35.5. The highest BCUT2D eigenvalue weighted by Crippen LogP contribution is 2.19. The topological polar surface area (TPSA) is 38.2 Å². The molecule has 0 N–H and O–H groups in total. The standard InChI is InChI=1S/C11H18ClN3O/c1-5-15(6-2)10-7-9(12)13-11(14-10)16-8(3)4/h7-8H,5-6H2,1-4H3. The molecule has 0 unspecified atom stereocenters. The monoisotopic (exact) mass is 243 g/mol. The Kier molecular flexibility index (Phi) is 4.80. The van der Waals surface area contributed by atoms with E-state index in [1.807, 2.05) is 13.8 Å². The number of nitrogens with zero attached hydrogens (tertiary/aromatic N) is 3. The molecule has 1 rings (SSSR count). The van der Waals surface area contributed by atoms with Gasteiger partial charge in [0.2, 0.25) is 0 Å². The second-order valence-corrected chi connectivity index (χ2v) is 4.06. The lowest BCUT2D eigenvalue weighted by molar-refractivity contribution is 0.222. The minimum Gasteiger partial charge on any atom is -0.461 e. The van der Waals surface area contributed by atoms with E-state index in [-0.39, 0.29) is 6.10 Å². The molecule has 1 aromatic rings. The summed E-state index contributed by atoms with van der Waals surface area (Å²) in [5.41, 5.74) is 0. The number of ether oxygens (including phenoxy) is 1. The van der Waals surface area contributed by atoms with Crippen molar-refractivity contribution in [3.05, 3.63) is 11.2 Å². The van der Waals surface area contributed by atoms with E-state index < -0.39 is 0 Å². The van der Waals surface area contributed by atoms with Gasteiger partial charge in [0.15, 0.2) is 0 Å². The summed E-state index contributed by atoms with van der Waals surface area (Å²) >= 11 is 5.93. The van der Waals surface area contributed by atoms with Crippen LogP contribution in [0, 0.1) is 0 Å². The maximum atomic E-state index is 5.93. The molecular formula is C11H18ClN3O. The van der Waals surface area contributed by atoms with Crippen LogP contribution in [0.3, 0.4) is 0 Å². The van der Waals surface area contributed by atoms with E-state index in [1.54, 1.807) is 6.07 Å². The Morgan fingerprint density at radius 1 is 1.31 bits per heavy atom. The lowest BCUT2D eigenvalue weighted by Crippen LogP contribution is -2.23. The predicted molar refractivity (Wildman–Crippen MR) is 66.4 cm³/mol. The minimum atomic E-state index is 0.0445. The third kappa shape index (κ3) is 3.52. The number of hydrogen-bond donors (Lipinski definition) is 0. The van der Waals surface area contributed by atoms with Crippen molar-refractivity contribution in [3.63, 3.8) is 0 Å². The van der Waals surface area contributed by atoms with Crippen molar-refractivity contribution < 1.29 is 4.74 Å². The van der Waals surface area contributed by atoms with Crippen molar-refractivity contribution in [2.45, 2.75) is 33.8 Å². The molecule has 4 nitrogen and oxygen atoms in total. The zero-order valence-corrected chi connectivity index (χ0v) is 11.0. The van der Waals surface area contributed by atoms with Crippen LogP contribution in [0.4, 0.5) is 5.82 Å². The Hall–Kier alpha value is -1.03. The smallest absolute Gasteiger partial charge is 0.320 e. The van der Waals surface area contributed by atoms with Gasteiger partial charge in [-0.2, -0.15) is 9.97 Å². The van der Waals surface area contributed by atoms with Gasteiger partial charge in [0, 0.05) is 19.2 Å². The molecule has 0 saturated heterocycles. The molecule has 90 valence electrons. The quantitative estimate of drug-likeness (QED) is 0.746. The van der Waals surface area contributed by atoms with Crippen molar-refractivity contribution in [1.29, 1.82) is 0 Å².